The maximum Gasteiger partial charge on any atom is 0.226 e. The van der Waals surface area contributed by atoms with Crippen molar-refractivity contribution in [1.82, 2.24) is 5.32 Å². The van der Waals surface area contributed by atoms with Gasteiger partial charge in [-0.1, -0.05) is 26.7 Å². The number of hydrogen-bond acceptors (Lipinski definition) is 3. The van der Waals surface area contributed by atoms with Crippen LogP contribution in [0.5, 0.6) is 0 Å². The van der Waals surface area contributed by atoms with E-state index in [1.165, 1.54) is 0 Å². The Morgan fingerprint density at radius 3 is 2.19 bits per heavy atom. The molecular weight excluding hydrogens is 206 g/mol. The predicted octanol–water partition coefficient (Wildman–Crippen LogP) is 0.816. The van der Waals surface area contributed by atoms with E-state index in [1.807, 2.05) is 13.8 Å². The lowest BCUT2D eigenvalue weighted by Gasteiger charge is -2.34. The number of rotatable bonds is 5. The number of carbonyl (C=O) groups is 1. The SMILES string of the molecule is CCC(CO)(CO)NC(=O)C1(C)CCCC1. The molecule has 0 radical (unpaired) electrons. The van der Waals surface area contributed by atoms with Crippen molar-refractivity contribution in [2.75, 3.05) is 13.2 Å². The van der Waals surface area contributed by atoms with Crippen molar-refractivity contribution in [3.63, 3.8) is 0 Å². The highest BCUT2D eigenvalue weighted by Gasteiger charge is 2.40. The Hall–Kier alpha value is -0.610. The molecule has 0 atom stereocenters. The van der Waals surface area contributed by atoms with Crippen LogP contribution in [0.2, 0.25) is 0 Å². The monoisotopic (exact) mass is 229 g/mol. The summed E-state index contributed by atoms with van der Waals surface area (Å²) >= 11 is 0. The second-order valence-corrected chi connectivity index (χ2v) is 5.17. The van der Waals surface area contributed by atoms with E-state index >= 15 is 0 Å². The minimum Gasteiger partial charge on any atom is -0.394 e. The molecule has 94 valence electrons. The zero-order valence-corrected chi connectivity index (χ0v) is 10.3. The van der Waals surface area contributed by atoms with Crippen LogP contribution in [0.3, 0.4) is 0 Å². The van der Waals surface area contributed by atoms with Gasteiger partial charge >= 0.3 is 0 Å². The van der Waals surface area contributed by atoms with Gasteiger partial charge in [0.25, 0.3) is 0 Å². The van der Waals surface area contributed by atoms with Crippen molar-refractivity contribution >= 4 is 5.91 Å². The molecule has 4 nitrogen and oxygen atoms in total. The van der Waals surface area contributed by atoms with Gasteiger partial charge in [0.2, 0.25) is 5.91 Å². The Morgan fingerprint density at radius 1 is 1.31 bits per heavy atom. The molecule has 1 fully saturated rings. The molecule has 0 heterocycles. The van der Waals surface area contributed by atoms with Crippen molar-refractivity contribution < 1.29 is 15.0 Å². The molecule has 0 saturated heterocycles. The van der Waals surface area contributed by atoms with Gasteiger partial charge in [-0.05, 0) is 19.3 Å². The number of aliphatic hydroxyl groups excluding tert-OH is 2. The third-order valence-corrected chi connectivity index (χ3v) is 3.92. The first-order chi connectivity index (χ1) is 7.52. The molecule has 1 saturated carbocycles. The molecule has 0 spiro atoms. The van der Waals surface area contributed by atoms with Crippen LogP contribution in [0.25, 0.3) is 0 Å². The summed E-state index contributed by atoms with van der Waals surface area (Å²) in [5, 5.41) is 21.4. The molecule has 16 heavy (non-hydrogen) atoms. The number of amides is 1. The first-order valence-electron chi connectivity index (χ1n) is 6.06. The molecule has 1 amide bonds. The summed E-state index contributed by atoms with van der Waals surface area (Å²) in [7, 11) is 0. The highest BCUT2D eigenvalue weighted by Crippen LogP contribution is 2.38. The average molecular weight is 229 g/mol. The fraction of sp³-hybridized carbons (Fsp3) is 0.917. The topological polar surface area (TPSA) is 69.6 Å². The first kappa shape index (κ1) is 13.5. The molecule has 1 aliphatic rings. The Kier molecular flexibility index (Phi) is 4.33. The molecular formula is C12H23NO3. The highest BCUT2D eigenvalue weighted by atomic mass is 16.3. The molecule has 4 heteroatoms. The molecule has 0 bridgehead atoms. The van der Waals surface area contributed by atoms with Crippen LogP contribution in [0, 0.1) is 5.41 Å². The van der Waals surface area contributed by atoms with E-state index in [1.54, 1.807) is 0 Å². The van der Waals surface area contributed by atoms with Gasteiger partial charge in [0.15, 0.2) is 0 Å². The molecule has 0 aromatic rings. The minimum absolute atomic E-state index is 0.0325. The van der Waals surface area contributed by atoms with Gasteiger partial charge in [-0.3, -0.25) is 4.79 Å². The summed E-state index contributed by atoms with van der Waals surface area (Å²) < 4.78 is 0. The number of hydrogen-bond donors (Lipinski definition) is 3. The van der Waals surface area contributed by atoms with Gasteiger partial charge < -0.3 is 15.5 Å². The maximum absolute atomic E-state index is 12.1. The molecule has 0 aromatic carbocycles. The molecule has 1 rings (SSSR count). The van der Waals surface area contributed by atoms with E-state index in [0.717, 1.165) is 25.7 Å². The lowest BCUT2D eigenvalue weighted by atomic mass is 9.86. The molecule has 0 unspecified atom stereocenters. The van der Waals surface area contributed by atoms with E-state index in [-0.39, 0.29) is 24.5 Å². The second kappa shape index (κ2) is 5.15. The Balaban J connectivity index is 2.68. The van der Waals surface area contributed by atoms with Gasteiger partial charge in [-0.25, -0.2) is 0 Å². The quantitative estimate of drug-likeness (QED) is 0.653. The Bertz CT molecular complexity index is 234. The largest absolute Gasteiger partial charge is 0.394 e. The van der Waals surface area contributed by atoms with Crippen LogP contribution in [-0.2, 0) is 4.79 Å². The Morgan fingerprint density at radius 2 is 1.81 bits per heavy atom. The van der Waals surface area contributed by atoms with Crippen LogP contribution < -0.4 is 5.32 Å². The van der Waals surface area contributed by atoms with Crippen molar-refractivity contribution in [2.45, 2.75) is 51.5 Å². The van der Waals surface area contributed by atoms with E-state index in [9.17, 15) is 15.0 Å². The number of aliphatic hydroxyl groups is 2. The molecule has 0 aromatic heterocycles. The second-order valence-electron chi connectivity index (χ2n) is 5.17. The maximum atomic E-state index is 12.1. The van der Waals surface area contributed by atoms with Gasteiger partial charge in [0.05, 0.1) is 18.8 Å². The minimum atomic E-state index is -0.858. The normalized spacial score (nSPS) is 19.8. The summed E-state index contributed by atoms with van der Waals surface area (Å²) in [6, 6.07) is 0. The third kappa shape index (κ3) is 2.55. The van der Waals surface area contributed by atoms with E-state index < -0.39 is 5.54 Å². The first-order valence-corrected chi connectivity index (χ1v) is 6.06. The van der Waals surface area contributed by atoms with Crippen LogP contribution in [-0.4, -0.2) is 34.9 Å². The van der Waals surface area contributed by atoms with Crippen LogP contribution in [0.4, 0.5) is 0 Å². The van der Waals surface area contributed by atoms with Gasteiger partial charge in [-0.15, -0.1) is 0 Å². The number of nitrogens with one attached hydrogen (secondary N) is 1. The van der Waals surface area contributed by atoms with Crippen LogP contribution in [0.1, 0.15) is 46.0 Å². The predicted molar refractivity (Wildman–Crippen MR) is 61.9 cm³/mol. The van der Waals surface area contributed by atoms with E-state index in [0.29, 0.717) is 6.42 Å². The average Bonchev–Trinajstić information content (AvgIpc) is 2.74. The van der Waals surface area contributed by atoms with E-state index in [2.05, 4.69) is 5.32 Å². The molecule has 0 aliphatic heterocycles. The summed E-state index contributed by atoms with van der Waals surface area (Å²) in [4.78, 5) is 12.1. The van der Waals surface area contributed by atoms with Crippen LogP contribution >= 0.6 is 0 Å². The molecule has 1 aliphatic carbocycles. The lowest BCUT2D eigenvalue weighted by Crippen LogP contribution is -2.56. The smallest absolute Gasteiger partial charge is 0.226 e. The summed E-state index contributed by atoms with van der Waals surface area (Å²) in [5.74, 6) is -0.0325. The van der Waals surface area contributed by atoms with Gasteiger partial charge in [0.1, 0.15) is 0 Å². The fourth-order valence-corrected chi connectivity index (χ4v) is 2.22. The van der Waals surface area contributed by atoms with Crippen molar-refractivity contribution in [3.05, 3.63) is 0 Å². The summed E-state index contributed by atoms with van der Waals surface area (Å²) in [6.45, 7) is 3.37. The standard InChI is InChI=1S/C12H23NO3/c1-3-12(8-14,9-15)13-10(16)11(2)6-4-5-7-11/h14-15H,3-9H2,1-2H3,(H,13,16). The Labute approximate surface area is 97.0 Å². The van der Waals surface area contributed by atoms with Gasteiger partial charge in [0, 0.05) is 5.41 Å². The zero-order valence-electron chi connectivity index (χ0n) is 10.3. The van der Waals surface area contributed by atoms with Crippen molar-refractivity contribution in [3.8, 4) is 0 Å². The van der Waals surface area contributed by atoms with Crippen molar-refractivity contribution in [2.24, 2.45) is 5.41 Å². The summed E-state index contributed by atoms with van der Waals surface area (Å²) in [5.41, 5.74) is -1.17. The summed E-state index contributed by atoms with van der Waals surface area (Å²) in [6.07, 6.45) is 4.50. The fourth-order valence-electron chi connectivity index (χ4n) is 2.22. The zero-order chi connectivity index (χ0) is 12.2. The lowest BCUT2D eigenvalue weighted by molar-refractivity contribution is -0.133. The third-order valence-electron chi connectivity index (χ3n) is 3.92. The van der Waals surface area contributed by atoms with E-state index in [4.69, 9.17) is 0 Å². The molecule has 3 N–H and O–H groups in total. The number of carbonyl (C=O) groups excluding carboxylic acids is 1. The van der Waals surface area contributed by atoms with Gasteiger partial charge in [-0.2, -0.15) is 0 Å². The highest BCUT2D eigenvalue weighted by molar-refractivity contribution is 5.83. The van der Waals surface area contributed by atoms with Crippen LogP contribution in [0.15, 0.2) is 0 Å². The van der Waals surface area contributed by atoms with Crippen molar-refractivity contribution in [1.29, 1.82) is 0 Å².